The van der Waals surface area contributed by atoms with E-state index < -0.39 is 28.0 Å². The highest BCUT2D eigenvalue weighted by Gasteiger charge is 2.42. The lowest BCUT2D eigenvalue weighted by atomic mass is 9.91. The third-order valence-electron chi connectivity index (χ3n) is 6.96. The Morgan fingerprint density at radius 1 is 1.05 bits per heavy atom. The summed E-state index contributed by atoms with van der Waals surface area (Å²) in [6.45, 7) is 0.697. The summed E-state index contributed by atoms with van der Waals surface area (Å²) in [5.74, 6) is 0.514. The molecule has 8 nitrogen and oxygen atoms in total. The Hall–Kier alpha value is -3.11. The highest BCUT2D eigenvalue weighted by Crippen LogP contribution is 2.36. The molecule has 0 amide bonds. The van der Waals surface area contributed by atoms with Crippen molar-refractivity contribution in [1.29, 1.82) is 0 Å². The number of ether oxygens (including phenoxy) is 4. The van der Waals surface area contributed by atoms with E-state index in [2.05, 4.69) is 0 Å². The Bertz CT molecular complexity index is 1430. The van der Waals surface area contributed by atoms with Crippen LogP contribution in [0.3, 0.4) is 0 Å². The van der Waals surface area contributed by atoms with Gasteiger partial charge in [0.25, 0.3) is 0 Å². The van der Waals surface area contributed by atoms with E-state index in [1.165, 1.54) is 0 Å². The van der Waals surface area contributed by atoms with Gasteiger partial charge in [0.05, 0.1) is 31.3 Å². The molecule has 2 saturated heterocycles. The van der Waals surface area contributed by atoms with Crippen LogP contribution < -0.4 is 9.47 Å². The Balaban J connectivity index is 1.32. The first-order chi connectivity index (χ1) is 18.7. The highest BCUT2D eigenvalue weighted by molar-refractivity contribution is 7.91. The third-order valence-corrected chi connectivity index (χ3v) is 9.13. The Kier molecular flexibility index (Phi) is 8.13. The predicted octanol–water partition coefficient (Wildman–Crippen LogP) is 4.73. The SMILES string of the molecule is O=C(O)COC1(c2ccc(OCc3cc(-c4ccccc4Cl)ccc3OCC3CCS(=O)(=O)C3)cc2)COC1. The number of hydrogen-bond donors (Lipinski definition) is 1. The first kappa shape index (κ1) is 27.5. The monoisotopic (exact) mass is 572 g/mol. The van der Waals surface area contributed by atoms with Crippen molar-refractivity contribution in [2.24, 2.45) is 5.92 Å². The van der Waals surface area contributed by atoms with Crippen molar-refractivity contribution in [3.05, 3.63) is 82.9 Å². The molecule has 10 heteroatoms. The molecule has 1 atom stereocenters. The second-order valence-electron chi connectivity index (χ2n) is 9.86. The van der Waals surface area contributed by atoms with E-state index in [4.69, 9.17) is 35.7 Å². The van der Waals surface area contributed by atoms with Crippen molar-refractivity contribution in [3.63, 3.8) is 0 Å². The number of carboxylic acids is 1. The van der Waals surface area contributed by atoms with Crippen LogP contribution >= 0.6 is 11.6 Å². The average Bonchev–Trinajstić information content (AvgIpc) is 3.25. The number of halogens is 1. The summed E-state index contributed by atoms with van der Waals surface area (Å²) in [6.07, 6.45) is 0.598. The molecule has 2 heterocycles. The van der Waals surface area contributed by atoms with Crippen LogP contribution in [0.1, 0.15) is 17.5 Å². The predicted molar refractivity (Wildman–Crippen MR) is 146 cm³/mol. The first-order valence-electron chi connectivity index (χ1n) is 12.6. The fourth-order valence-electron chi connectivity index (χ4n) is 4.74. The van der Waals surface area contributed by atoms with Gasteiger partial charge in [-0.15, -0.1) is 0 Å². The van der Waals surface area contributed by atoms with Crippen LogP contribution in [0.4, 0.5) is 0 Å². The number of sulfone groups is 1. The topological polar surface area (TPSA) is 108 Å². The molecule has 1 unspecified atom stereocenters. The van der Waals surface area contributed by atoms with Crippen LogP contribution in [0.25, 0.3) is 11.1 Å². The molecule has 0 bridgehead atoms. The van der Waals surface area contributed by atoms with Gasteiger partial charge in [0.1, 0.15) is 30.3 Å². The normalized spacial score (nSPS) is 19.3. The minimum absolute atomic E-state index is 0.0364. The maximum Gasteiger partial charge on any atom is 0.329 e. The Morgan fingerprint density at radius 3 is 2.46 bits per heavy atom. The standard InChI is InChI=1S/C29H29ClO8S/c30-26-4-2-1-3-25(26)21-5-10-27(37-14-20-11-12-39(33,34)17-20)22(13-21)15-36-24-8-6-23(7-9-24)29(18-35-19-29)38-16-28(31)32/h1-10,13,20H,11-12,14-19H2,(H,31,32). The van der Waals surface area contributed by atoms with E-state index in [9.17, 15) is 13.2 Å². The lowest BCUT2D eigenvalue weighted by molar-refractivity contribution is -0.220. The van der Waals surface area contributed by atoms with E-state index in [0.29, 0.717) is 29.5 Å². The lowest BCUT2D eigenvalue weighted by Gasteiger charge is -2.41. The van der Waals surface area contributed by atoms with Gasteiger partial charge in [-0.05, 0) is 47.9 Å². The Labute approximate surface area is 232 Å². The summed E-state index contributed by atoms with van der Waals surface area (Å²) in [5, 5.41) is 9.62. The Morgan fingerprint density at radius 2 is 1.82 bits per heavy atom. The molecule has 1 N–H and O–H groups in total. The quantitative estimate of drug-likeness (QED) is 0.351. The van der Waals surface area contributed by atoms with Crippen molar-refractivity contribution in [2.45, 2.75) is 18.6 Å². The fourth-order valence-corrected chi connectivity index (χ4v) is 6.83. The number of carboxylic acid groups (broad SMARTS) is 1. The van der Waals surface area contributed by atoms with E-state index in [1.807, 2.05) is 54.6 Å². The molecule has 0 saturated carbocycles. The van der Waals surface area contributed by atoms with Gasteiger partial charge in [-0.3, -0.25) is 0 Å². The zero-order valence-corrected chi connectivity index (χ0v) is 22.7. The van der Waals surface area contributed by atoms with E-state index >= 15 is 0 Å². The molecule has 3 aromatic carbocycles. The van der Waals surface area contributed by atoms with Gasteiger partial charge >= 0.3 is 5.97 Å². The molecular weight excluding hydrogens is 544 g/mol. The number of hydrogen-bond acceptors (Lipinski definition) is 7. The van der Waals surface area contributed by atoms with Crippen LogP contribution in [-0.4, -0.2) is 57.4 Å². The number of carbonyl (C=O) groups is 1. The average molecular weight is 573 g/mol. The van der Waals surface area contributed by atoms with Gasteiger partial charge < -0.3 is 24.1 Å². The van der Waals surface area contributed by atoms with Crippen molar-refractivity contribution in [2.75, 3.05) is 37.9 Å². The summed E-state index contributed by atoms with van der Waals surface area (Å²) in [4.78, 5) is 11.0. The van der Waals surface area contributed by atoms with E-state index in [0.717, 1.165) is 22.3 Å². The van der Waals surface area contributed by atoms with E-state index in [-0.39, 0.29) is 37.2 Å². The molecule has 0 spiro atoms. The van der Waals surface area contributed by atoms with Crippen LogP contribution in [0.15, 0.2) is 66.7 Å². The molecule has 206 valence electrons. The second kappa shape index (κ2) is 11.6. The van der Waals surface area contributed by atoms with Gasteiger partial charge in [0.15, 0.2) is 9.84 Å². The van der Waals surface area contributed by atoms with Gasteiger partial charge in [-0.1, -0.05) is 48.0 Å². The van der Waals surface area contributed by atoms with Crippen molar-refractivity contribution in [3.8, 4) is 22.6 Å². The fraction of sp³-hybridized carbons (Fsp3) is 0.345. The van der Waals surface area contributed by atoms with Crippen LogP contribution in [0, 0.1) is 5.92 Å². The number of benzene rings is 3. The summed E-state index contributed by atoms with van der Waals surface area (Å²) >= 11 is 6.43. The molecular formula is C29H29ClO8S. The van der Waals surface area contributed by atoms with Crippen molar-refractivity contribution in [1.82, 2.24) is 0 Å². The van der Waals surface area contributed by atoms with Crippen LogP contribution in [-0.2, 0) is 36.3 Å². The molecule has 0 aromatic heterocycles. The molecule has 0 aliphatic carbocycles. The lowest BCUT2D eigenvalue weighted by Crippen LogP contribution is -2.49. The van der Waals surface area contributed by atoms with Gasteiger partial charge in [0, 0.05) is 22.1 Å². The van der Waals surface area contributed by atoms with Crippen molar-refractivity contribution >= 4 is 27.4 Å². The van der Waals surface area contributed by atoms with Gasteiger partial charge in [-0.2, -0.15) is 0 Å². The summed E-state index contributed by atoms with van der Waals surface area (Å²) in [7, 11) is -2.99. The van der Waals surface area contributed by atoms with E-state index in [1.54, 1.807) is 12.1 Å². The first-order valence-corrected chi connectivity index (χ1v) is 14.8. The summed E-state index contributed by atoms with van der Waals surface area (Å²) < 4.78 is 46.8. The number of aliphatic carboxylic acids is 1. The highest BCUT2D eigenvalue weighted by atomic mass is 35.5. The van der Waals surface area contributed by atoms with Crippen molar-refractivity contribution < 1.29 is 37.3 Å². The second-order valence-corrected chi connectivity index (χ2v) is 12.5. The van der Waals surface area contributed by atoms with Gasteiger partial charge in [0.2, 0.25) is 0 Å². The maximum absolute atomic E-state index is 11.9. The van der Waals surface area contributed by atoms with Gasteiger partial charge in [-0.25, -0.2) is 13.2 Å². The zero-order valence-electron chi connectivity index (χ0n) is 21.2. The largest absolute Gasteiger partial charge is 0.493 e. The number of rotatable bonds is 11. The maximum atomic E-state index is 11.9. The molecule has 3 aromatic rings. The minimum Gasteiger partial charge on any atom is -0.493 e. The summed E-state index contributed by atoms with van der Waals surface area (Å²) in [6, 6.07) is 20.6. The smallest absolute Gasteiger partial charge is 0.329 e. The van der Waals surface area contributed by atoms with Crippen LogP contribution in [0.2, 0.25) is 5.02 Å². The summed E-state index contributed by atoms with van der Waals surface area (Å²) in [5.41, 5.74) is 2.64. The third kappa shape index (κ3) is 6.55. The minimum atomic E-state index is -2.99. The molecule has 2 fully saturated rings. The zero-order chi connectivity index (χ0) is 27.5. The molecule has 5 rings (SSSR count). The molecule has 2 aliphatic heterocycles. The van der Waals surface area contributed by atoms with Crippen LogP contribution in [0.5, 0.6) is 11.5 Å². The molecule has 2 aliphatic rings. The molecule has 0 radical (unpaired) electrons. The molecule has 39 heavy (non-hydrogen) atoms.